The molecule has 0 radical (unpaired) electrons. The van der Waals surface area contributed by atoms with Gasteiger partial charge in [0.1, 0.15) is 24.6 Å². The normalized spacial score (nSPS) is 22.1. The SMILES string of the molecule is CC(C)(C)[Si](C)(C)O[C@H]([C@@H](C=O)O[Si](C)(C)C(C)(C)C)[C@H]1CCC(=O)O1. The van der Waals surface area contributed by atoms with Crippen molar-refractivity contribution in [2.24, 2.45) is 0 Å². The summed E-state index contributed by atoms with van der Waals surface area (Å²) < 4.78 is 18.5. The van der Waals surface area contributed by atoms with Gasteiger partial charge in [-0.3, -0.25) is 4.79 Å². The number of aldehydes is 1. The quantitative estimate of drug-likeness (QED) is 0.352. The molecule has 5 nitrogen and oxygen atoms in total. The highest BCUT2D eigenvalue weighted by molar-refractivity contribution is 6.74. The maximum atomic E-state index is 12.0. The highest BCUT2D eigenvalue weighted by Gasteiger charge is 2.48. The topological polar surface area (TPSA) is 61.8 Å². The summed E-state index contributed by atoms with van der Waals surface area (Å²) in [5.41, 5.74) is 0. The Labute approximate surface area is 161 Å². The Morgan fingerprint density at radius 3 is 1.81 bits per heavy atom. The lowest BCUT2D eigenvalue weighted by Gasteiger charge is -2.44. The van der Waals surface area contributed by atoms with Crippen molar-refractivity contribution in [3.05, 3.63) is 0 Å². The minimum absolute atomic E-state index is 0.0156. The lowest BCUT2D eigenvalue weighted by molar-refractivity contribution is -0.149. The van der Waals surface area contributed by atoms with Gasteiger partial charge in [0.25, 0.3) is 0 Å². The van der Waals surface area contributed by atoms with Gasteiger partial charge in [-0.2, -0.15) is 0 Å². The first-order chi connectivity index (χ1) is 11.5. The molecule has 152 valence electrons. The minimum atomic E-state index is -2.18. The second-order valence-corrected chi connectivity index (χ2v) is 19.9. The van der Waals surface area contributed by atoms with Gasteiger partial charge in [-0.05, 0) is 42.7 Å². The molecule has 0 bridgehead atoms. The third-order valence-corrected chi connectivity index (χ3v) is 15.2. The Hall–Kier alpha value is -0.506. The molecule has 3 atom stereocenters. The minimum Gasteiger partial charge on any atom is -0.460 e. The second kappa shape index (κ2) is 7.85. The van der Waals surface area contributed by atoms with E-state index >= 15 is 0 Å². The molecule has 1 aliphatic heterocycles. The van der Waals surface area contributed by atoms with E-state index < -0.39 is 34.9 Å². The number of hydrogen-bond acceptors (Lipinski definition) is 5. The van der Waals surface area contributed by atoms with Gasteiger partial charge in [0.2, 0.25) is 0 Å². The zero-order chi connectivity index (χ0) is 20.6. The number of carbonyl (C=O) groups is 2. The van der Waals surface area contributed by atoms with Crippen LogP contribution in [-0.4, -0.2) is 47.2 Å². The molecule has 26 heavy (non-hydrogen) atoms. The van der Waals surface area contributed by atoms with Gasteiger partial charge in [-0.25, -0.2) is 0 Å². The molecule has 0 saturated carbocycles. The molecule has 0 N–H and O–H groups in total. The molecule has 0 aliphatic carbocycles. The molecule has 0 aromatic carbocycles. The monoisotopic (exact) mass is 402 g/mol. The van der Waals surface area contributed by atoms with Crippen LogP contribution >= 0.6 is 0 Å². The molecule has 1 rings (SSSR count). The summed E-state index contributed by atoms with van der Waals surface area (Å²) in [6, 6.07) is 0. The lowest BCUT2D eigenvalue weighted by Crippen LogP contribution is -2.55. The van der Waals surface area contributed by atoms with Gasteiger partial charge in [0, 0.05) is 6.42 Å². The van der Waals surface area contributed by atoms with Crippen molar-refractivity contribution in [3.8, 4) is 0 Å². The first kappa shape index (κ1) is 23.5. The molecule has 0 aromatic heterocycles. The van der Waals surface area contributed by atoms with E-state index in [-0.39, 0.29) is 16.0 Å². The average molecular weight is 403 g/mol. The fraction of sp³-hybridized carbons (Fsp3) is 0.895. The smallest absolute Gasteiger partial charge is 0.306 e. The number of hydrogen-bond donors (Lipinski definition) is 0. The van der Waals surface area contributed by atoms with Gasteiger partial charge in [0.15, 0.2) is 16.6 Å². The zero-order valence-corrected chi connectivity index (χ0v) is 20.3. The van der Waals surface area contributed by atoms with Crippen molar-refractivity contribution < 1.29 is 23.2 Å². The van der Waals surface area contributed by atoms with Gasteiger partial charge in [0.05, 0.1) is 0 Å². The number of ether oxygens (including phenoxy) is 1. The molecule has 7 heteroatoms. The van der Waals surface area contributed by atoms with Gasteiger partial charge >= 0.3 is 5.97 Å². The summed E-state index contributed by atoms with van der Waals surface area (Å²) in [7, 11) is -4.35. The van der Waals surface area contributed by atoms with Crippen molar-refractivity contribution in [3.63, 3.8) is 0 Å². The van der Waals surface area contributed by atoms with Crippen molar-refractivity contribution in [1.29, 1.82) is 0 Å². The summed E-state index contributed by atoms with van der Waals surface area (Å²) in [5, 5.41) is -0.0413. The molecule has 0 amide bonds. The van der Waals surface area contributed by atoms with E-state index in [1.807, 2.05) is 0 Å². The Balaban J connectivity index is 3.17. The lowest BCUT2D eigenvalue weighted by atomic mass is 10.1. The fourth-order valence-corrected chi connectivity index (χ4v) is 4.88. The van der Waals surface area contributed by atoms with Crippen LogP contribution in [0.4, 0.5) is 0 Å². The van der Waals surface area contributed by atoms with Crippen molar-refractivity contribution in [2.45, 2.75) is 109 Å². The van der Waals surface area contributed by atoms with Gasteiger partial charge in [-0.1, -0.05) is 41.5 Å². The van der Waals surface area contributed by atoms with E-state index in [1.54, 1.807) is 0 Å². The Morgan fingerprint density at radius 1 is 1.00 bits per heavy atom. The Morgan fingerprint density at radius 2 is 1.46 bits per heavy atom. The van der Waals surface area contributed by atoms with Crippen LogP contribution in [-0.2, 0) is 23.2 Å². The average Bonchev–Trinajstić information content (AvgIpc) is 2.86. The molecule has 1 heterocycles. The first-order valence-electron chi connectivity index (χ1n) is 9.52. The molecule has 1 saturated heterocycles. The number of esters is 1. The third kappa shape index (κ3) is 5.50. The van der Waals surface area contributed by atoms with Crippen LogP contribution in [0.15, 0.2) is 0 Å². The standard InChI is InChI=1S/C19H38O5Si2/c1-18(2,3)25(7,8)23-15(13-20)17(14-11-12-16(21)22-14)24-26(9,10)19(4,5)6/h13-15,17H,11-12H2,1-10H3/t14-,15-,17+/m1/s1. The molecule has 1 fully saturated rings. The summed E-state index contributed by atoms with van der Waals surface area (Å²) in [6.45, 7) is 21.4. The number of carbonyl (C=O) groups excluding carboxylic acids is 2. The largest absolute Gasteiger partial charge is 0.460 e. The van der Waals surface area contributed by atoms with E-state index in [0.29, 0.717) is 12.8 Å². The van der Waals surface area contributed by atoms with Gasteiger partial charge < -0.3 is 18.4 Å². The predicted octanol–water partition coefficient (Wildman–Crippen LogP) is 4.67. The Bertz CT molecular complexity index is 517. The van der Waals surface area contributed by atoms with Crippen molar-refractivity contribution in [1.82, 2.24) is 0 Å². The van der Waals surface area contributed by atoms with Crippen LogP contribution in [0.3, 0.4) is 0 Å². The Kier molecular flexibility index (Phi) is 7.11. The van der Waals surface area contributed by atoms with Crippen molar-refractivity contribution >= 4 is 28.9 Å². The maximum Gasteiger partial charge on any atom is 0.306 e. The molecular formula is C19H38O5Si2. The van der Waals surface area contributed by atoms with Crippen LogP contribution in [0.1, 0.15) is 54.4 Å². The van der Waals surface area contributed by atoms with Crippen LogP contribution < -0.4 is 0 Å². The van der Waals surface area contributed by atoms with Gasteiger partial charge in [-0.15, -0.1) is 0 Å². The van der Waals surface area contributed by atoms with Crippen LogP contribution in [0, 0.1) is 0 Å². The molecular weight excluding hydrogens is 364 g/mol. The van der Waals surface area contributed by atoms with Crippen molar-refractivity contribution in [2.75, 3.05) is 0 Å². The summed E-state index contributed by atoms with van der Waals surface area (Å²) in [4.78, 5) is 23.7. The predicted molar refractivity (Wildman–Crippen MR) is 109 cm³/mol. The first-order valence-corrected chi connectivity index (χ1v) is 15.3. The third-order valence-electron chi connectivity index (χ3n) is 6.21. The maximum absolute atomic E-state index is 12.0. The highest BCUT2D eigenvalue weighted by atomic mass is 28.4. The second-order valence-electron chi connectivity index (χ2n) is 10.4. The fourth-order valence-electron chi connectivity index (χ4n) is 2.34. The molecule has 0 aromatic rings. The van der Waals surface area contributed by atoms with Crippen LogP contribution in [0.25, 0.3) is 0 Å². The summed E-state index contributed by atoms with van der Waals surface area (Å²) in [5.74, 6) is -0.226. The van der Waals surface area contributed by atoms with E-state index in [9.17, 15) is 9.59 Å². The summed E-state index contributed by atoms with van der Waals surface area (Å²) >= 11 is 0. The van der Waals surface area contributed by atoms with Crippen LogP contribution in [0.5, 0.6) is 0 Å². The van der Waals surface area contributed by atoms with E-state index in [0.717, 1.165) is 6.29 Å². The highest BCUT2D eigenvalue weighted by Crippen LogP contribution is 2.41. The van der Waals surface area contributed by atoms with Crippen LogP contribution in [0.2, 0.25) is 36.3 Å². The molecule has 1 aliphatic rings. The molecule has 0 unspecified atom stereocenters. The summed E-state index contributed by atoms with van der Waals surface area (Å²) in [6.07, 6.45) is 0.0908. The molecule has 0 spiro atoms. The van der Waals surface area contributed by atoms with E-state index in [1.165, 1.54) is 0 Å². The number of cyclic esters (lactones) is 1. The zero-order valence-electron chi connectivity index (χ0n) is 18.3. The van der Waals surface area contributed by atoms with E-state index in [4.69, 9.17) is 13.6 Å². The van der Waals surface area contributed by atoms with E-state index in [2.05, 4.69) is 67.7 Å². The number of rotatable bonds is 7.